The molecule has 0 saturated carbocycles. The smallest absolute Gasteiger partial charge is 0.344 e. The Bertz CT molecular complexity index is 1380. The molecule has 11 heteroatoms. The molecule has 0 aromatic heterocycles. The van der Waals surface area contributed by atoms with Crippen LogP contribution in [0.2, 0.25) is 0 Å². The van der Waals surface area contributed by atoms with Crippen molar-refractivity contribution in [1.29, 1.82) is 0 Å². The molecule has 0 radical (unpaired) electrons. The second-order valence-electron chi connectivity index (χ2n) is 11.3. The molecule has 0 amide bonds. The molecule has 0 N–H and O–H groups in total. The van der Waals surface area contributed by atoms with Crippen molar-refractivity contribution in [3.63, 3.8) is 0 Å². The van der Waals surface area contributed by atoms with Crippen molar-refractivity contribution in [2.24, 2.45) is 0 Å². The minimum absolute atomic E-state index is 0.0280. The molecule has 3 aromatic rings. The van der Waals surface area contributed by atoms with Crippen molar-refractivity contribution in [2.45, 2.75) is 74.4 Å². The molecule has 0 spiro atoms. The summed E-state index contributed by atoms with van der Waals surface area (Å²) < 4.78 is 53.9. The molecule has 0 heterocycles. The Hall–Kier alpha value is -3.54. The lowest BCUT2D eigenvalue weighted by Gasteiger charge is -2.19. The monoisotopic (exact) mass is 617 g/mol. The molecule has 0 aliphatic heterocycles. The molecule has 0 saturated heterocycles. The van der Waals surface area contributed by atoms with Crippen molar-refractivity contribution in [1.82, 2.24) is 0 Å². The fourth-order valence-corrected chi connectivity index (χ4v) is 6.56. The van der Waals surface area contributed by atoms with Gasteiger partial charge in [-0.2, -0.15) is 8.42 Å². The molecule has 9 nitrogen and oxygen atoms in total. The Balaban J connectivity index is 1.82. The largest absolute Gasteiger partial charge is 0.482 e. The average molecular weight is 618 g/mol. The minimum atomic E-state index is -4.14. The molecular formula is C31H37O9S2+. The zero-order chi connectivity index (χ0) is 31.1. The van der Waals surface area contributed by atoms with Gasteiger partial charge in [0, 0.05) is 24.3 Å². The van der Waals surface area contributed by atoms with E-state index in [0.29, 0.717) is 21.3 Å². The molecule has 0 fully saturated rings. The summed E-state index contributed by atoms with van der Waals surface area (Å²) in [4.78, 5) is 25.2. The van der Waals surface area contributed by atoms with Crippen molar-refractivity contribution < 1.29 is 40.6 Å². The number of aryl methyl sites for hydroxylation is 1. The zero-order valence-corrected chi connectivity index (χ0v) is 26.5. The van der Waals surface area contributed by atoms with Gasteiger partial charge in [-0.3, -0.25) is 0 Å². The Morgan fingerprint density at radius 3 is 1.38 bits per heavy atom. The Morgan fingerprint density at radius 1 is 0.643 bits per heavy atom. The average Bonchev–Trinajstić information content (AvgIpc) is 2.88. The summed E-state index contributed by atoms with van der Waals surface area (Å²) in [6, 6.07) is 19.6. The topological polar surface area (TPSA) is 114 Å². The van der Waals surface area contributed by atoms with Crippen LogP contribution in [-0.4, -0.2) is 44.8 Å². The van der Waals surface area contributed by atoms with Gasteiger partial charge in [0.05, 0.1) is 4.90 Å². The van der Waals surface area contributed by atoms with E-state index in [1.165, 1.54) is 12.1 Å². The van der Waals surface area contributed by atoms with Gasteiger partial charge in [0.1, 0.15) is 22.7 Å². The molecular weight excluding hydrogens is 580 g/mol. The highest BCUT2D eigenvalue weighted by Crippen LogP contribution is 2.31. The molecule has 0 unspecified atom stereocenters. The minimum Gasteiger partial charge on any atom is -0.482 e. The van der Waals surface area contributed by atoms with Gasteiger partial charge in [-0.15, -0.1) is 0 Å². The van der Waals surface area contributed by atoms with E-state index in [0.717, 1.165) is 5.56 Å². The number of hydrogen-bond acceptors (Lipinski definition) is 9. The maximum Gasteiger partial charge on any atom is 0.344 e. The standard InChI is InChI=1S/C31H37O9S2/c1-22-8-18-27(19-9-22)42(34,35)40-41(25-14-10-23(11-15-25)36-20-28(32)38-30(2,3)4)26-16-12-24(13-17-26)37-21-29(33)39-31(5,6)7/h8-19H,20-21H2,1-7H3/q+1. The normalized spacial score (nSPS) is 12.1. The van der Waals surface area contributed by atoms with E-state index in [2.05, 4.69) is 0 Å². The predicted octanol–water partition coefficient (Wildman–Crippen LogP) is 5.79. The summed E-state index contributed by atoms with van der Waals surface area (Å²) in [6.07, 6.45) is 0. The predicted molar refractivity (Wildman–Crippen MR) is 159 cm³/mol. The lowest BCUT2D eigenvalue weighted by Crippen LogP contribution is -2.27. The lowest BCUT2D eigenvalue weighted by atomic mass is 10.2. The van der Waals surface area contributed by atoms with E-state index in [9.17, 15) is 18.0 Å². The van der Waals surface area contributed by atoms with E-state index in [4.69, 9.17) is 22.6 Å². The summed E-state index contributed by atoms with van der Waals surface area (Å²) >= 11 is -1.38. The van der Waals surface area contributed by atoms with Crippen LogP contribution in [0.15, 0.2) is 87.5 Å². The van der Waals surface area contributed by atoms with Crippen molar-refractivity contribution in [3.05, 3.63) is 78.4 Å². The maximum absolute atomic E-state index is 13.2. The molecule has 42 heavy (non-hydrogen) atoms. The van der Waals surface area contributed by atoms with Crippen LogP contribution in [0, 0.1) is 6.92 Å². The van der Waals surface area contributed by atoms with Crippen LogP contribution in [0.4, 0.5) is 0 Å². The molecule has 3 rings (SSSR count). The van der Waals surface area contributed by atoms with Gasteiger partial charge in [-0.05, 0) is 88.5 Å². The summed E-state index contributed by atoms with van der Waals surface area (Å²) in [5.74, 6) is -0.207. The summed E-state index contributed by atoms with van der Waals surface area (Å²) in [7, 11) is -4.14. The lowest BCUT2D eigenvalue weighted by molar-refractivity contribution is -0.158. The first-order chi connectivity index (χ1) is 19.5. The van der Waals surface area contributed by atoms with Crippen LogP contribution in [0.1, 0.15) is 47.1 Å². The van der Waals surface area contributed by atoms with Crippen LogP contribution in [0.3, 0.4) is 0 Å². The zero-order valence-electron chi connectivity index (χ0n) is 24.8. The van der Waals surface area contributed by atoms with Crippen molar-refractivity contribution in [2.75, 3.05) is 13.2 Å². The second kappa shape index (κ2) is 13.6. The molecule has 0 aliphatic carbocycles. The fraction of sp³-hybridized carbons (Fsp3) is 0.355. The summed E-state index contributed by atoms with van der Waals surface area (Å²) in [5, 5.41) is 0. The van der Waals surface area contributed by atoms with Gasteiger partial charge < -0.3 is 18.9 Å². The molecule has 0 bridgehead atoms. The van der Waals surface area contributed by atoms with E-state index in [1.54, 1.807) is 102 Å². The summed E-state index contributed by atoms with van der Waals surface area (Å²) in [6.45, 7) is 11.9. The number of hydrogen-bond donors (Lipinski definition) is 0. The second-order valence-corrected chi connectivity index (χ2v) is 14.7. The van der Waals surface area contributed by atoms with Crippen molar-refractivity contribution >= 4 is 33.2 Å². The van der Waals surface area contributed by atoms with Gasteiger partial charge in [0.2, 0.25) is 11.2 Å². The van der Waals surface area contributed by atoms with E-state index in [-0.39, 0.29) is 18.1 Å². The first-order valence-electron chi connectivity index (χ1n) is 13.2. The number of esters is 2. The van der Waals surface area contributed by atoms with Gasteiger partial charge in [0.15, 0.2) is 23.0 Å². The highest BCUT2D eigenvalue weighted by Gasteiger charge is 2.36. The number of benzene rings is 3. The Kier molecular flexibility index (Phi) is 10.7. The van der Waals surface area contributed by atoms with Crippen LogP contribution >= 0.6 is 0 Å². The van der Waals surface area contributed by atoms with E-state index >= 15 is 0 Å². The highest BCUT2D eigenvalue weighted by molar-refractivity contribution is 8.02. The molecule has 226 valence electrons. The third-order valence-electron chi connectivity index (χ3n) is 5.10. The number of rotatable bonds is 11. The molecule has 3 aromatic carbocycles. The van der Waals surface area contributed by atoms with Crippen LogP contribution in [-0.2, 0) is 44.0 Å². The van der Waals surface area contributed by atoms with Crippen LogP contribution < -0.4 is 9.47 Å². The van der Waals surface area contributed by atoms with Gasteiger partial charge in [-0.1, -0.05) is 17.7 Å². The number of carbonyl (C=O) groups excluding carboxylic acids is 2. The third kappa shape index (κ3) is 10.7. The number of carbonyl (C=O) groups is 2. The first kappa shape index (κ1) is 33.0. The Labute approximate surface area is 250 Å². The number of ether oxygens (including phenoxy) is 4. The first-order valence-corrected chi connectivity index (χ1v) is 15.7. The SMILES string of the molecule is Cc1ccc(S(=O)(=O)O[S+](c2ccc(OCC(=O)OC(C)(C)C)cc2)c2ccc(OCC(=O)OC(C)(C)C)cc2)cc1. The summed E-state index contributed by atoms with van der Waals surface area (Å²) in [5.41, 5.74) is -0.346. The van der Waals surface area contributed by atoms with Gasteiger partial charge >= 0.3 is 22.1 Å². The maximum atomic E-state index is 13.2. The van der Waals surface area contributed by atoms with Crippen LogP contribution in [0.5, 0.6) is 11.5 Å². The quantitative estimate of drug-likeness (QED) is 0.195. The van der Waals surface area contributed by atoms with Gasteiger partial charge in [0.25, 0.3) is 0 Å². The van der Waals surface area contributed by atoms with E-state index in [1.807, 2.05) is 6.92 Å². The fourth-order valence-electron chi connectivity index (χ4n) is 3.39. The Morgan fingerprint density at radius 2 is 1.02 bits per heavy atom. The molecule has 0 aliphatic rings. The third-order valence-corrected chi connectivity index (χ3v) is 8.61. The highest BCUT2D eigenvalue weighted by atomic mass is 32.3. The van der Waals surface area contributed by atoms with Crippen molar-refractivity contribution in [3.8, 4) is 11.5 Å². The van der Waals surface area contributed by atoms with E-state index < -0.39 is 44.4 Å². The van der Waals surface area contributed by atoms with Gasteiger partial charge in [-0.25, -0.2) is 9.59 Å². The van der Waals surface area contributed by atoms with Crippen LogP contribution in [0.25, 0.3) is 0 Å². The molecule has 0 atom stereocenters.